The molecule has 2 aromatic carbocycles. The summed E-state index contributed by atoms with van der Waals surface area (Å²) < 4.78 is 15.7. The third-order valence-electron chi connectivity index (χ3n) is 3.66. The van der Waals surface area contributed by atoms with Crippen LogP contribution in [0.5, 0.6) is 11.5 Å². The van der Waals surface area contributed by atoms with E-state index in [1.54, 1.807) is 26.4 Å². The normalized spacial score (nSPS) is 15.2. The maximum Gasteiger partial charge on any atom is 0.363 e. The first-order valence-electron chi connectivity index (χ1n) is 7.42. The minimum Gasteiger partial charge on any atom is -0.497 e. The highest BCUT2D eigenvalue weighted by Gasteiger charge is 2.24. The first-order chi connectivity index (χ1) is 11.6. The van der Waals surface area contributed by atoms with E-state index in [4.69, 9.17) is 14.2 Å². The minimum absolute atomic E-state index is 0.261. The van der Waals surface area contributed by atoms with Gasteiger partial charge in [-0.3, -0.25) is 0 Å². The molecule has 1 heterocycles. The van der Waals surface area contributed by atoms with Crippen LogP contribution in [-0.4, -0.2) is 26.1 Å². The predicted molar refractivity (Wildman–Crippen MR) is 91.3 cm³/mol. The van der Waals surface area contributed by atoms with Gasteiger partial charge in [-0.15, -0.1) is 0 Å². The van der Waals surface area contributed by atoms with Crippen molar-refractivity contribution < 1.29 is 19.0 Å². The molecule has 0 saturated heterocycles. The summed E-state index contributed by atoms with van der Waals surface area (Å²) in [7, 11) is 3.21. The van der Waals surface area contributed by atoms with E-state index in [0.29, 0.717) is 11.3 Å². The molecule has 2 aromatic rings. The summed E-state index contributed by atoms with van der Waals surface area (Å²) in [5.74, 6) is 1.28. The largest absolute Gasteiger partial charge is 0.497 e. The van der Waals surface area contributed by atoms with Gasteiger partial charge >= 0.3 is 5.97 Å². The van der Waals surface area contributed by atoms with Crippen molar-refractivity contribution in [3.8, 4) is 11.5 Å². The Bertz CT molecular complexity index is 852. The number of carbonyl (C=O) groups excluding carboxylic acids is 1. The molecule has 0 spiro atoms. The lowest BCUT2D eigenvalue weighted by molar-refractivity contribution is -0.129. The Morgan fingerprint density at radius 1 is 1.08 bits per heavy atom. The van der Waals surface area contributed by atoms with Crippen LogP contribution >= 0.6 is 0 Å². The Balaban J connectivity index is 1.92. The SMILES string of the molecule is COc1cccc(C2=N/C(=C\c3ccc(OC)c(C)c3)C(=O)O2)c1. The molecule has 1 aliphatic rings. The maximum absolute atomic E-state index is 12.1. The standard InChI is InChI=1S/C19H17NO4/c1-12-9-13(7-8-17(12)23-3)10-16-19(21)24-18(20-16)14-5-4-6-15(11-14)22-2/h4-11H,1-3H3/b16-10-. The third-order valence-corrected chi connectivity index (χ3v) is 3.66. The Morgan fingerprint density at radius 3 is 2.62 bits per heavy atom. The van der Waals surface area contributed by atoms with Crippen molar-refractivity contribution in [3.63, 3.8) is 0 Å². The Morgan fingerprint density at radius 2 is 1.92 bits per heavy atom. The number of nitrogens with zero attached hydrogens (tertiary/aromatic N) is 1. The molecular formula is C19H17NO4. The van der Waals surface area contributed by atoms with Crippen LogP contribution in [0.2, 0.25) is 0 Å². The second-order valence-corrected chi connectivity index (χ2v) is 5.30. The number of carbonyl (C=O) groups is 1. The molecule has 0 saturated carbocycles. The van der Waals surface area contributed by atoms with Crippen LogP contribution in [0.3, 0.4) is 0 Å². The van der Waals surface area contributed by atoms with Crippen LogP contribution in [0.15, 0.2) is 53.2 Å². The fraction of sp³-hybridized carbons (Fsp3) is 0.158. The molecular weight excluding hydrogens is 306 g/mol. The summed E-state index contributed by atoms with van der Waals surface area (Å²) in [5, 5.41) is 0. The van der Waals surface area contributed by atoms with E-state index in [-0.39, 0.29) is 11.6 Å². The van der Waals surface area contributed by atoms with Crippen LogP contribution in [0.4, 0.5) is 0 Å². The van der Waals surface area contributed by atoms with Crippen molar-refractivity contribution in [2.45, 2.75) is 6.92 Å². The first kappa shape index (κ1) is 15.8. The zero-order valence-electron chi connectivity index (χ0n) is 13.7. The molecule has 0 unspecified atom stereocenters. The zero-order valence-corrected chi connectivity index (χ0v) is 13.7. The second-order valence-electron chi connectivity index (χ2n) is 5.30. The van der Waals surface area contributed by atoms with E-state index in [0.717, 1.165) is 16.9 Å². The summed E-state index contributed by atoms with van der Waals surface area (Å²) >= 11 is 0. The second kappa shape index (κ2) is 6.58. The molecule has 1 aliphatic heterocycles. The number of cyclic esters (lactones) is 1. The quantitative estimate of drug-likeness (QED) is 0.639. The first-order valence-corrected chi connectivity index (χ1v) is 7.42. The lowest BCUT2D eigenvalue weighted by Crippen LogP contribution is -2.05. The van der Waals surface area contributed by atoms with E-state index in [2.05, 4.69) is 4.99 Å². The van der Waals surface area contributed by atoms with Gasteiger partial charge in [0.25, 0.3) is 0 Å². The van der Waals surface area contributed by atoms with Gasteiger partial charge in [-0.25, -0.2) is 9.79 Å². The van der Waals surface area contributed by atoms with Crippen LogP contribution in [-0.2, 0) is 9.53 Å². The van der Waals surface area contributed by atoms with E-state index in [1.807, 2.05) is 43.3 Å². The summed E-state index contributed by atoms with van der Waals surface area (Å²) in [6.45, 7) is 1.94. The molecule has 0 bridgehead atoms. The highest BCUT2D eigenvalue weighted by atomic mass is 16.6. The number of hydrogen-bond donors (Lipinski definition) is 0. The third kappa shape index (κ3) is 3.15. The number of hydrogen-bond acceptors (Lipinski definition) is 5. The fourth-order valence-electron chi connectivity index (χ4n) is 2.44. The number of aliphatic imine (C=N–C) groups is 1. The average molecular weight is 323 g/mol. The van der Waals surface area contributed by atoms with Gasteiger partial charge in [0, 0.05) is 5.56 Å². The Labute approximate surface area is 140 Å². The zero-order chi connectivity index (χ0) is 17.1. The smallest absolute Gasteiger partial charge is 0.363 e. The van der Waals surface area contributed by atoms with E-state index in [1.165, 1.54) is 0 Å². The molecule has 0 aromatic heterocycles. The predicted octanol–water partition coefficient (Wildman–Crippen LogP) is 3.36. The fourth-order valence-corrected chi connectivity index (χ4v) is 2.44. The van der Waals surface area contributed by atoms with Crippen LogP contribution in [0.1, 0.15) is 16.7 Å². The topological polar surface area (TPSA) is 57.1 Å². The van der Waals surface area contributed by atoms with Gasteiger partial charge in [0.2, 0.25) is 5.90 Å². The molecule has 0 fully saturated rings. The Kier molecular flexibility index (Phi) is 4.33. The number of methoxy groups -OCH3 is 2. The van der Waals surface area contributed by atoms with Gasteiger partial charge < -0.3 is 14.2 Å². The Hall–Kier alpha value is -3.08. The lowest BCUT2D eigenvalue weighted by Gasteiger charge is -2.04. The van der Waals surface area contributed by atoms with Crippen molar-refractivity contribution in [1.29, 1.82) is 0 Å². The molecule has 3 rings (SSSR count). The van der Waals surface area contributed by atoms with E-state index < -0.39 is 5.97 Å². The summed E-state index contributed by atoms with van der Waals surface area (Å²) in [5.41, 5.74) is 2.79. The summed E-state index contributed by atoms with van der Waals surface area (Å²) in [4.78, 5) is 16.4. The van der Waals surface area contributed by atoms with Crippen molar-refractivity contribution >= 4 is 17.9 Å². The average Bonchev–Trinajstić information content (AvgIpc) is 2.96. The number of esters is 1. The van der Waals surface area contributed by atoms with E-state index >= 15 is 0 Å². The molecule has 0 radical (unpaired) electrons. The molecule has 0 atom stereocenters. The van der Waals surface area contributed by atoms with Gasteiger partial charge in [-0.05, 0) is 54.5 Å². The van der Waals surface area contributed by atoms with Crippen LogP contribution in [0, 0.1) is 6.92 Å². The molecule has 24 heavy (non-hydrogen) atoms. The van der Waals surface area contributed by atoms with Gasteiger partial charge in [0.15, 0.2) is 5.70 Å². The van der Waals surface area contributed by atoms with Crippen LogP contribution < -0.4 is 9.47 Å². The molecule has 5 nitrogen and oxygen atoms in total. The van der Waals surface area contributed by atoms with Gasteiger partial charge in [0.05, 0.1) is 14.2 Å². The van der Waals surface area contributed by atoms with Crippen molar-refractivity contribution in [1.82, 2.24) is 0 Å². The van der Waals surface area contributed by atoms with Crippen LogP contribution in [0.25, 0.3) is 6.08 Å². The number of aryl methyl sites for hydroxylation is 1. The molecule has 0 amide bonds. The lowest BCUT2D eigenvalue weighted by atomic mass is 10.1. The number of benzene rings is 2. The minimum atomic E-state index is -0.471. The summed E-state index contributed by atoms with van der Waals surface area (Å²) in [6.07, 6.45) is 1.70. The maximum atomic E-state index is 12.1. The molecule has 0 N–H and O–H groups in total. The molecule has 122 valence electrons. The molecule has 5 heteroatoms. The number of ether oxygens (including phenoxy) is 3. The van der Waals surface area contributed by atoms with Gasteiger partial charge in [-0.1, -0.05) is 12.1 Å². The van der Waals surface area contributed by atoms with Gasteiger partial charge in [0.1, 0.15) is 11.5 Å². The highest BCUT2D eigenvalue weighted by molar-refractivity contribution is 6.13. The highest BCUT2D eigenvalue weighted by Crippen LogP contribution is 2.24. The number of rotatable bonds is 4. The van der Waals surface area contributed by atoms with Gasteiger partial charge in [-0.2, -0.15) is 0 Å². The molecule has 0 aliphatic carbocycles. The monoisotopic (exact) mass is 323 g/mol. The van der Waals surface area contributed by atoms with E-state index in [9.17, 15) is 4.79 Å². The summed E-state index contributed by atoms with van der Waals surface area (Å²) in [6, 6.07) is 12.9. The van der Waals surface area contributed by atoms with Crippen molar-refractivity contribution in [2.75, 3.05) is 14.2 Å². The van der Waals surface area contributed by atoms with Crippen molar-refractivity contribution in [3.05, 3.63) is 64.9 Å². The van der Waals surface area contributed by atoms with Crippen molar-refractivity contribution in [2.24, 2.45) is 4.99 Å².